The normalized spacial score (nSPS) is 11.7. The lowest BCUT2D eigenvalue weighted by Crippen LogP contribution is -2.39. The van der Waals surface area contributed by atoms with Crippen LogP contribution in [0, 0.1) is 6.92 Å². The van der Waals surface area contributed by atoms with E-state index in [1.54, 1.807) is 6.92 Å². The van der Waals surface area contributed by atoms with Crippen LogP contribution in [0.15, 0.2) is 65.2 Å². The molecule has 6 nitrogen and oxygen atoms in total. The SMILES string of the molecule is Cc1noc([C@@H](NC(=O)NCCc2ccccc2)c2ccccc2)n1. The first kappa shape index (κ1) is 16.7. The van der Waals surface area contributed by atoms with Crippen molar-refractivity contribution in [3.05, 3.63) is 83.5 Å². The molecule has 0 aliphatic heterocycles. The molecular formula is C19H20N4O2. The number of aromatic nitrogens is 2. The zero-order valence-electron chi connectivity index (χ0n) is 14.0. The molecule has 0 aliphatic carbocycles. The number of amides is 2. The van der Waals surface area contributed by atoms with Crippen molar-refractivity contribution in [2.75, 3.05) is 6.54 Å². The Kier molecular flexibility index (Phi) is 5.41. The summed E-state index contributed by atoms with van der Waals surface area (Å²) in [5, 5.41) is 9.59. The van der Waals surface area contributed by atoms with E-state index < -0.39 is 6.04 Å². The Morgan fingerprint density at radius 1 is 1.08 bits per heavy atom. The van der Waals surface area contributed by atoms with Gasteiger partial charge in [-0.2, -0.15) is 4.98 Å². The summed E-state index contributed by atoms with van der Waals surface area (Å²) in [6.45, 7) is 2.29. The predicted octanol–water partition coefficient (Wildman–Crippen LogP) is 3.01. The van der Waals surface area contributed by atoms with Crippen molar-refractivity contribution < 1.29 is 9.32 Å². The summed E-state index contributed by atoms with van der Waals surface area (Å²) in [5.41, 5.74) is 2.05. The van der Waals surface area contributed by atoms with E-state index in [1.807, 2.05) is 60.7 Å². The van der Waals surface area contributed by atoms with Crippen LogP contribution in [-0.4, -0.2) is 22.7 Å². The van der Waals surface area contributed by atoms with E-state index in [0.717, 1.165) is 12.0 Å². The molecule has 3 rings (SSSR count). The lowest BCUT2D eigenvalue weighted by Gasteiger charge is -2.16. The molecule has 0 radical (unpaired) electrons. The number of aryl methyl sites for hydroxylation is 1. The van der Waals surface area contributed by atoms with Gasteiger partial charge in [0, 0.05) is 6.54 Å². The van der Waals surface area contributed by atoms with Crippen LogP contribution in [0.5, 0.6) is 0 Å². The Bertz CT molecular complexity index is 803. The molecule has 25 heavy (non-hydrogen) atoms. The maximum Gasteiger partial charge on any atom is 0.315 e. The zero-order valence-corrected chi connectivity index (χ0v) is 14.0. The van der Waals surface area contributed by atoms with Crippen molar-refractivity contribution in [2.24, 2.45) is 0 Å². The number of carbonyl (C=O) groups is 1. The first-order valence-electron chi connectivity index (χ1n) is 8.16. The van der Waals surface area contributed by atoms with Gasteiger partial charge in [0.25, 0.3) is 5.89 Å². The summed E-state index contributed by atoms with van der Waals surface area (Å²) in [6, 6.07) is 18.8. The molecule has 1 atom stereocenters. The molecule has 0 bridgehead atoms. The summed E-state index contributed by atoms with van der Waals surface area (Å²) in [4.78, 5) is 16.5. The Balaban J connectivity index is 1.63. The molecular weight excluding hydrogens is 316 g/mol. The van der Waals surface area contributed by atoms with Gasteiger partial charge in [-0.15, -0.1) is 0 Å². The lowest BCUT2D eigenvalue weighted by molar-refractivity contribution is 0.235. The van der Waals surface area contributed by atoms with Crippen LogP contribution in [0.25, 0.3) is 0 Å². The number of urea groups is 1. The molecule has 6 heteroatoms. The number of nitrogens with one attached hydrogen (secondary N) is 2. The minimum Gasteiger partial charge on any atom is -0.338 e. The fourth-order valence-corrected chi connectivity index (χ4v) is 2.51. The van der Waals surface area contributed by atoms with Crippen LogP contribution < -0.4 is 10.6 Å². The van der Waals surface area contributed by atoms with E-state index in [9.17, 15) is 4.79 Å². The minimum atomic E-state index is -0.487. The van der Waals surface area contributed by atoms with Crippen LogP contribution in [0.4, 0.5) is 4.79 Å². The zero-order chi connectivity index (χ0) is 17.5. The molecule has 128 valence electrons. The number of nitrogens with zero attached hydrogens (tertiary/aromatic N) is 2. The van der Waals surface area contributed by atoms with Crippen molar-refractivity contribution in [3.63, 3.8) is 0 Å². The Labute approximate surface area is 146 Å². The van der Waals surface area contributed by atoms with E-state index in [4.69, 9.17) is 4.52 Å². The summed E-state index contributed by atoms with van der Waals surface area (Å²) in [6.07, 6.45) is 0.768. The Morgan fingerprint density at radius 3 is 2.40 bits per heavy atom. The third-order valence-corrected chi connectivity index (χ3v) is 3.74. The van der Waals surface area contributed by atoms with Crippen LogP contribution in [0.3, 0.4) is 0 Å². The maximum absolute atomic E-state index is 12.3. The van der Waals surface area contributed by atoms with E-state index in [-0.39, 0.29) is 6.03 Å². The molecule has 0 saturated carbocycles. The third-order valence-electron chi connectivity index (χ3n) is 3.74. The number of carbonyl (C=O) groups excluding carboxylic acids is 1. The van der Waals surface area contributed by atoms with E-state index in [1.165, 1.54) is 5.56 Å². The second-order valence-electron chi connectivity index (χ2n) is 5.66. The second-order valence-corrected chi connectivity index (χ2v) is 5.66. The molecule has 2 aromatic carbocycles. The van der Waals surface area contributed by atoms with Gasteiger partial charge in [0.2, 0.25) is 0 Å². The summed E-state index contributed by atoms with van der Waals surface area (Å²) in [5.74, 6) is 0.893. The predicted molar refractivity (Wildman–Crippen MR) is 94.0 cm³/mol. The third kappa shape index (κ3) is 4.67. The van der Waals surface area contributed by atoms with Gasteiger partial charge in [-0.1, -0.05) is 65.8 Å². The first-order chi connectivity index (χ1) is 12.2. The van der Waals surface area contributed by atoms with Gasteiger partial charge >= 0.3 is 6.03 Å². The largest absolute Gasteiger partial charge is 0.338 e. The molecule has 0 aliphatic rings. The highest BCUT2D eigenvalue weighted by Gasteiger charge is 2.22. The van der Waals surface area contributed by atoms with Crippen molar-refractivity contribution in [1.82, 2.24) is 20.8 Å². The van der Waals surface area contributed by atoms with E-state index >= 15 is 0 Å². The minimum absolute atomic E-state index is 0.277. The first-order valence-corrected chi connectivity index (χ1v) is 8.16. The quantitative estimate of drug-likeness (QED) is 0.725. The van der Waals surface area contributed by atoms with E-state index in [0.29, 0.717) is 18.3 Å². The average Bonchev–Trinajstić information content (AvgIpc) is 3.07. The second kappa shape index (κ2) is 8.10. The monoisotopic (exact) mass is 336 g/mol. The van der Waals surface area contributed by atoms with Gasteiger partial charge in [0.15, 0.2) is 5.82 Å². The standard InChI is InChI=1S/C19H20N4O2/c1-14-21-18(25-23-14)17(16-10-6-3-7-11-16)22-19(24)20-13-12-15-8-4-2-5-9-15/h2-11,17H,12-13H2,1H3,(H2,20,22,24)/t17-/m0/s1. The number of hydrogen-bond acceptors (Lipinski definition) is 4. The molecule has 0 spiro atoms. The molecule has 3 aromatic rings. The summed E-state index contributed by atoms with van der Waals surface area (Å²) >= 11 is 0. The molecule has 1 aromatic heterocycles. The van der Waals surface area contributed by atoms with Gasteiger partial charge in [0.05, 0.1) is 0 Å². The van der Waals surface area contributed by atoms with E-state index in [2.05, 4.69) is 20.8 Å². The van der Waals surface area contributed by atoms with Gasteiger partial charge in [-0.05, 0) is 24.5 Å². The number of benzene rings is 2. The fourth-order valence-electron chi connectivity index (χ4n) is 2.51. The van der Waals surface area contributed by atoms with Gasteiger partial charge in [-0.25, -0.2) is 4.79 Å². The van der Waals surface area contributed by atoms with Gasteiger partial charge in [0.1, 0.15) is 6.04 Å². The molecule has 2 amide bonds. The lowest BCUT2D eigenvalue weighted by atomic mass is 10.1. The van der Waals surface area contributed by atoms with Crippen molar-refractivity contribution >= 4 is 6.03 Å². The molecule has 1 heterocycles. The summed E-state index contributed by atoms with van der Waals surface area (Å²) < 4.78 is 5.25. The van der Waals surface area contributed by atoms with Gasteiger partial charge < -0.3 is 15.2 Å². The topological polar surface area (TPSA) is 80.0 Å². The van der Waals surface area contributed by atoms with Crippen LogP contribution in [0.2, 0.25) is 0 Å². The Morgan fingerprint density at radius 2 is 1.76 bits per heavy atom. The highest BCUT2D eigenvalue weighted by Crippen LogP contribution is 2.20. The van der Waals surface area contributed by atoms with Gasteiger partial charge in [-0.3, -0.25) is 0 Å². The van der Waals surface area contributed by atoms with Crippen molar-refractivity contribution in [1.29, 1.82) is 0 Å². The smallest absolute Gasteiger partial charge is 0.315 e. The van der Waals surface area contributed by atoms with Crippen LogP contribution in [-0.2, 0) is 6.42 Å². The highest BCUT2D eigenvalue weighted by atomic mass is 16.5. The molecule has 2 N–H and O–H groups in total. The molecule has 0 unspecified atom stereocenters. The van der Waals surface area contributed by atoms with Crippen LogP contribution in [0.1, 0.15) is 28.9 Å². The van der Waals surface area contributed by atoms with Crippen LogP contribution >= 0.6 is 0 Å². The maximum atomic E-state index is 12.3. The highest BCUT2D eigenvalue weighted by molar-refractivity contribution is 5.74. The molecule has 0 fully saturated rings. The Hall–Kier alpha value is -3.15. The van der Waals surface area contributed by atoms with Crippen molar-refractivity contribution in [2.45, 2.75) is 19.4 Å². The number of rotatable bonds is 6. The number of hydrogen-bond donors (Lipinski definition) is 2. The average molecular weight is 336 g/mol. The molecule has 0 saturated heterocycles. The fraction of sp³-hybridized carbons (Fsp3) is 0.211. The van der Waals surface area contributed by atoms with Crippen molar-refractivity contribution in [3.8, 4) is 0 Å². The summed E-state index contributed by atoms with van der Waals surface area (Å²) in [7, 11) is 0.